The van der Waals surface area contributed by atoms with Crippen LogP contribution in [0.2, 0.25) is 5.02 Å². The average Bonchev–Trinajstić information content (AvgIpc) is 3.00. The molecule has 0 radical (unpaired) electrons. The van der Waals surface area contributed by atoms with Crippen LogP contribution in [0.3, 0.4) is 0 Å². The molecule has 2 nitrogen and oxygen atoms in total. The van der Waals surface area contributed by atoms with Gasteiger partial charge in [-0.2, -0.15) is 0 Å². The van der Waals surface area contributed by atoms with Crippen LogP contribution in [0.5, 0.6) is 0 Å². The maximum Gasteiger partial charge on any atom is 0.141 e. The maximum atomic E-state index is 6.04. The Kier molecular flexibility index (Phi) is 6.52. The van der Waals surface area contributed by atoms with Gasteiger partial charge in [-0.05, 0) is 42.8 Å². The predicted octanol–water partition coefficient (Wildman–Crippen LogP) is 7.11. The topological polar surface area (TPSA) is 17.8 Å². The van der Waals surface area contributed by atoms with Gasteiger partial charge in [0.15, 0.2) is 0 Å². The molecule has 0 bridgehead atoms. The van der Waals surface area contributed by atoms with Crippen molar-refractivity contribution in [1.29, 1.82) is 0 Å². The van der Waals surface area contributed by atoms with Gasteiger partial charge in [0.1, 0.15) is 5.82 Å². The molecule has 2 aromatic carbocycles. The summed E-state index contributed by atoms with van der Waals surface area (Å²) in [4.78, 5) is 4.87. The van der Waals surface area contributed by atoms with Crippen molar-refractivity contribution in [3.05, 3.63) is 53.6 Å². The van der Waals surface area contributed by atoms with E-state index >= 15 is 0 Å². The molecule has 0 saturated heterocycles. The Morgan fingerprint density at radius 3 is 2.28 bits per heavy atom. The van der Waals surface area contributed by atoms with Crippen LogP contribution in [0, 0.1) is 0 Å². The van der Waals surface area contributed by atoms with Crippen LogP contribution >= 0.6 is 11.6 Å². The first kappa shape index (κ1) is 18.0. The fraction of sp³-hybridized carbons (Fsp3) is 0.409. The number of rotatable bonds is 9. The molecule has 0 aliphatic heterocycles. The number of hydrogen-bond donors (Lipinski definition) is 0. The summed E-state index contributed by atoms with van der Waals surface area (Å²) in [6.07, 6.45) is 9.24. The molecule has 0 aliphatic rings. The Bertz CT molecular complexity index is 789. The molecule has 1 aromatic heterocycles. The van der Waals surface area contributed by atoms with Gasteiger partial charge in [-0.3, -0.25) is 0 Å². The van der Waals surface area contributed by atoms with Crippen LogP contribution in [-0.4, -0.2) is 9.55 Å². The molecule has 0 spiro atoms. The highest BCUT2D eigenvalue weighted by Crippen LogP contribution is 2.26. The van der Waals surface area contributed by atoms with Gasteiger partial charge in [0.25, 0.3) is 0 Å². The Morgan fingerprint density at radius 1 is 0.840 bits per heavy atom. The van der Waals surface area contributed by atoms with Gasteiger partial charge in [-0.1, -0.05) is 69.2 Å². The predicted molar refractivity (Wildman–Crippen MR) is 108 cm³/mol. The highest BCUT2D eigenvalue weighted by atomic mass is 35.5. The lowest BCUT2D eigenvalue weighted by atomic mass is 10.1. The summed E-state index contributed by atoms with van der Waals surface area (Å²) in [5.74, 6) is 1.05. The van der Waals surface area contributed by atoms with E-state index in [1.165, 1.54) is 50.5 Å². The molecular formula is C22H27ClN2. The van der Waals surface area contributed by atoms with Crippen LogP contribution in [0.4, 0.5) is 0 Å². The number of halogens is 1. The Hall–Kier alpha value is -1.80. The first-order valence-corrected chi connectivity index (χ1v) is 9.88. The van der Waals surface area contributed by atoms with E-state index in [0.717, 1.165) is 28.5 Å². The van der Waals surface area contributed by atoms with Gasteiger partial charge in [0, 0.05) is 17.1 Å². The Balaban J connectivity index is 1.74. The van der Waals surface area contributed by atoms with Crippen molar-refractivity contribution in [2.75, 3.05) is 0 Å². The zero-order valence-corrected chi connectivity index (χ0v) is 15.8. The van der Waals surface area contributed by atoms with E-state index in [2.05, 4.69) is 47.9 Å². The number of para-hydroxylation sites is 2. The standard InChI is InChI=1S/C22H27ClN2/c1-2-3-4-5-6-7-10-17-25-21-12-9-8-11-20(21)24-22(25)18-13-15-19(23)16-14-18/h8-9,11-16H,2-7,10,17H2,1H3. The number of fused-ring (bicyclic) bond motifs is 1. The zero-order valence-electron chi connectivity index (χ0n) is 15.0. The van der Waals surface area contributed by atoms with Crippen molar-refractivity contribution in [3.8, 4) is 11.4 Å². The third-order valence-electron chi connectivity index (χ3n) is 4.74. The second-order valence-electron chi connectivity index (χ2n) is 6.70. The molecule has 132 valence electrons. The molecule has 0 atom stereocenters. The third-order valence-corrected chi connectivity index (χ3v) is 4.99. The molecule has 25 heavy (non-hydrogen) atoms. The second kappa shape index (κ2) is 9.05. The summed E-state index contributed by atoms with van der Waals surface area (Å²) in [5.41, 5.74) is 3.41. The molecular weight excluding hydrogens is 328 g/mol. The van der Waals surface area contributed by atoms with Gasteiger partial charge in [0.2, 0.25) is 0 Å². The molecule has 3 aromatic rings. The summed E-state index contributed by atoms with van der Waals surface area (Å²) in [5, 5.41) is 0.762. The smallest absolute Gasteiger partial charge is 0.141 e. The first-order valence-electron chi connectivity index (χ1n) is 9.51. The fourth-order valence-electron chi connectivity index (χ4n) is 3.35. The average molecular weight is 355 g/mol. The van der Waals surface area contributed by atoms with Crippen LogP contribution in [0.1, 0.15) is 51.9 Å². The molecule has 0 fully saturated rings. The summed E-state index contributed by atoms with van der Waals surface area (Å²) in [6.45, 7) is 3.29. The van der Waals surface area contributed by atoms with Crippen LogP contribution < -0.4 is 0 Å². The lowest BCUT2D eigenvalue weighted by Crippen LogP contribution is -2.01. The van der Waals surface area contributed by atoms with Gasteiger partial charge in [-0.15, -0.1) is 0 Å². The number of unbranched alkanes of at least 4 members (excludes halogenated alkanes) is 6. The first-order chi connectivity index (χ1) is 12.3. The minimum absolute atomic E-state index is 0.762. The molecule has 3 heteroatoms. The second-order valence-corrected chi connectivity index (χ2v) is 7.14. The summed E-state index contributed by atoms with van der Waals surface area (Å²) in [7, 11) is 0. The van der Waals surface area contributed by atoms with E-state index in [1.54, 1.807) is 0 Å². The number of hydrogen-bond acceptors (Lipinski definition) is 1. The molecule has 0 N–H and O–H groups in total. The van der Waals surface area contributed by atoms with E-state index in [4.69, 9.17) is 16.6 Å². The highest BCUT2D eigenvalue weighted by molar-refractivity contribution is 6.30. The highest BCUT2D eigenvalue weighted by Gasteiger charge is 2.12. The van der Waals surface area contributed by atoms with Crippen molar-refractivity contribution < 1.29 is 0 Å². The number of aromatic nitrogens is 2. The third kappa shape index (κ3) is 4.64. The van der Waals surface area contributed by atoms with E-state index in [0.29, 0.717) is 0 Å². The molecule has 0 aliphatic carbocycles. The van der Waals surface area contributed by atoms with E-state index in [-0.39, 0.29) is 0 Å². The van der Waals surface area contributed by atoms with Gasteiger partial charge < -0.3 is 4.57 Å². The van der Waals surface area contributed by atoms with E-state index < -0.39 is 0 Å². The van der Waals surface area contributed by atoms with Crippen molar-refractivity contribution in [1.82, 2.24) is 9.55 Å². The minimum atomic E-state index is 0.762. The SMILES string of the molecule is CCCCCCCCCn1c(-c2ccc(Cl)cc2)nc2ccccc21. The Morgan fingerprint density at radius 2 is 1.52 bits per heavy atom. The zero-order chi connectivity index (χ0) is 17.5. The van der Waals surface area contributed by atoms with Crippen molar-refractivity contribution in [2.45, 2.75) is 58.4 Å². The molecule has 1 heterocycles. The largest absolute Gasteiger partial charge is 0.324 e. The lowest BCUT2D eigenvalue weighted by molar-refractivity contribution is 0.557. The minimum Gasteiger partial charge on any atom is -0.324 e. The fourth-order valence-corrected chi connectivity index (χ4v) is 3.47. The molecule has 3 rings (SSSR count). The van der Waals surface area contributed by atoms with Crippen LogP contribution in [0.15, 0.2) is 48.5 Å². The van der Waals surface area contributed by atoms with E-state index in [1.807, 2.05) is 12.1 Å². The maximum absolute atomic E-state index is 6.04. The number of imidazole rings is 1. The summed E-state index contributed by atoms with van der Waals surface area (Å²) in [6, 6.07) is 16.4. The molecule has 0 amide bonds. The van der Waals surface area contributed by atoms with Gasteiger partial charge in [-0.25, -0.2) is 4.98 Å². The summed E-state index contributed by atoms with van der Waals surface area (Å²) >= 11 is 6.04. The number of nitrogens with zero attached hydrogens (tertiary/aromatic N) is 2. The van der Waals surface area contributed by atoms with Crippen molar-refractivity contribution >= 4 is 22.6 Å². The normalized spacial score (nSPS) is 11.3. The van der Waals surface area contributed by atoms with Crippen molar-refractivity contribution in [3.63, 3.8) is 0 Å². The van der Waals surface area contributed by atoms with Crippen molar-refractivity contribution in [2.24, 2.45) is 0 Å². The number of benzene rings is 2. The lowest BCUT2D eigenvalue weighted by Gasteiger charge is -2.09. The van der Waals surface area contributed by atoms with Gasteiger partial charge in [0.05, 0.1) is 11.0 Å². The molecule has 0 saturated carbocycles. The van der Waals surface area contributed by atoms with E-state index in [9.17, 15) is 0 Å². The Labute approximate surface area is 155 Å². The number of aryl methyl sites for hydroxylation is 1. The monoisotopic (exact) mass is 354 g/mol. The van der Waals surface area contributed by atoms with Gasteiger partial charge >= 0.3 is 0 Å². The molecule has 0 unspecified atom stereocenters. The van der Waals surface area contributed by atoms with Crippen LogP contribution in [0.25, 0.3) is 22.4 Å². The quantitative estimate of drug-likeness (QED) is 0.374. The summed E-state index contributed by atoms with van der Waals surface area (Å²) < 4.78 is 2.37. The van der Waals surface area contributed by atoms with Crippen LogP contribution in [-0.2, 0) is 6.54 Å².